The second kappa shape index (κ2) is 18.0. The van der Waals surface area contributed by atoms with Crippen molar-refractivity contribution < 1.29 is 40.2 Å². The molecule has 4 rings (SSSR count). The Hall–Kier alpha value is -1.25. The molecule has 10 nitrogen and oxygen atoms in total. The minimum atomic E-state index is -4.93. The van der Waals surface area contributed by atoms with Gasteiger partial charge in [0.15, 0.2) is 5.67 Å². The lowest BCUT2D eigenvalue weighted by Crippen LogP contribution is -2.46. The van der Waals surface area contributed by atoms with Crippen molar-refractivity contribution in [2.24, 2.45) is 0 Å². The van der Waals surface area contributed by atoms with Gasteiger partial charge in [0.2, 0.25) is 0 Å². The number of ether oxygens (including phenoxy) is 2. The lowest BCUT2D eigenvalue weighted by Gasteiger charge is -2.37. The normalized spacial score (nSPS) is 18.1. The number of carbonyl (C=O) groups is 2. The van der Waals surface area contributed by atoms with Gasteiger partial charge in [-0.05, 0) is 73.4 Å². The van der Waals surface area contributed by atoms with Crippen molar-refractivity contribution in [3.05, 3.63) is 30.0 Å². The molecular weight excluding hydrogens is 842 g/mol. The molecule has 0 bridgehead atoms. The molecule has 1 N–H and O–H groups in total. The third-order valence-corrected chi connectivity index (χ3v) is 11.6. The van der Waals surface area contributed by atoms with E-state index in [1.165, 1.54) is 36.5 Å². The van der Waals surface area contributed by atoms with Gasteiger partial charge >= 0.3 is 12.2 Å². The van der Waals surface area contributed by atoms with Crippen LogP contribution in [0.4, 0.5) is 25.6 Å². The van der Waals surface area contributed by atoms with Gasteiger partial charge in [-0.25, -0.2) is 23.9 Å². The number of hydrogen-bond donors (Lipinski definition) is 1. The number of carbonyl (C=O) groups excluding carboxylic acids is 2. The van der Waals surface area contributed by atoms with Crippen molar-refractivity contribution in [2.75, 3.05) is 39.3 Å². The summed E-state index contributed by atoms with van der Waals surface area (Å²) in [6, 6.07) is 0. The maximum Gasteiger partial charge on any atom is 0.410 e. The van der Waals surface area contributed by atoms with Crippen LogP contribution in [0.2, 0.25) is 0 Å². The van der Waals surface area contributed by atoms with Gasteiger partial charge in [0.1, 0.15) is 26.8 Å². The number of alkyl halides is 1. The first-order valence-corrected chi connectivity index (χ1v) is 20.2. The highest BCUT2D eigenvalue weighted by Crippen LogP contribution is 2.56. The number of thiazole rings is 2. The van der Waals surface area contributed by atoms with E-state index in [1.807, 2.05) is 41.5 Å². The van der Waals surface area contributed by atoms with Gasteiger partial charge in [-0.1, -0.05) is 13.8 Å². The molecule has 0 aromatic carbocycles. The van der Waals surface area contributed by atoms with E-state index in [0.717, 1.165) is 7.57 Å². The predicted octanol–water partition coefficient (Wildman–Crippen LogP) is 9.93. The molecule has 2 fully saturated rings. The molecule has 49 heavy (non-hydrogen) atoms. The Morgan fingerprint density at radius 3 is 1.49 bits per heavy atom. The summed E-state index contributed by atoms with van der Waals surface area (Å²) in [5.41, 5.74) is -3.39. The minimum Gasteiger partial charge on any atom is -0.444 e. The van der Waals surface area contributed by atoms with E-state index < -0.39 is 33.8 Å². The quantitative estimate of drug-likeness (QED) is 0.296. The lowest BCUT2D eigenvalue weighted by atomic mass is 9.92. The first kappa shape index (κ1) is 43.9. The van der Waals surface area contributed by atoms with Crippen LogP contribution < -0.4 is 0 Å². The van der Waals surface area contributed by atoms with Crippen LogP contribution in [0.5, 0.6) is 0 Å². The zero-order valence-corrected chi connectivity index (χ0v) is 34.7. The molecular formula is C30H47Br2F4N5O5S3. The minimum absolute atomic E-state index is 0.0648. The molecule has 0 aliphatic carbocycles. The summed E-state index contributed by atoms with van der Waals surface area (Å²) in [5.74, 6) is 0. The molecule has 2 aliphatic heterocycles. The van der Waals surface area contributed by atoms with Crippen molar-refractivity contribution >= 4 is 78.1 Å². The van der Waals surface area contributed by atoms with Gasteiger partial charge in [-0.2, -0.15) is 4.31 Å². The van der Waals surface area contributed by atoms with E-state index in [-0.39, 0.29) is 38.1 Å². The fraction of sp³-hybridized carbons (Fsp3) is 0.733. The lowest BCUT2D eigenvalue weighted by molar-refractivity contribution is -0.0357. The smallest absolute Gasteiger partial charge is 0.410 e. The average Bonchev–Trinajstić information content (AvgIpc) is 3.62. The van der Waals surface area contributed by atoms with E-state index in [4.69, 9.17) is 9.47 Å². The van der Waals surface area contributed by atoms with Crippen LogP contribution in [0.25, 0.3) is 0 Å². The highest BCUT2D eigenvalue weighted by molar-refractivity contribution is 9.11. The summed E-state index contributed by atoms with van der Waals surface area (Å²) in [4.78, 5) is 35.4. The van der Waals surface area contributed by atoms with Crippen molar-refractivity contribution in [1.82, 2.24) is 24.1 Å². The van der Waals surface area contributed by atoms with E-state index in [0.29, 0.717) is 53.3 Å². The van der Waals surface area contributed by atoms with Crippen LogP contribution in [0.3, 0.4) is 0 Å². The SMILES string of the molecule is CC(C)(C)OC(=O)N1CCC(F)(c2ncc(Br)s2)CC1.CC(C)(C)OC(=O)N1CCC(O)(c2ncc(Br)s2)CC1.CCN(CC)S(F)(F)F. The van der Waals surface area contributed by atoms with Gasteiger partial charge in [-0.3, -0.25) is 0 Å². The van der Waals surface area contributed by atoms with E-state index >= 15 is 0 Å². The molecule has 2 aromatic heterocycles. The number of hydrogen-bond acceptors (Lipinski definition) is 10. The highest BCUT2D eigenvalue weighted by Gasteiger charge is 2.41. The second-order valence-electron chi connectivity index (χ2n) is 13.4. The third-order valence-electron chi connectivity index (χ3n) is 7.18. The molecule has 0 saturated carbocycles. The Balaban J connectivity index is 0.000000275. The number of piperidine rings is 2. The van der Waals surface area contributed by atoms with Crippen molar-refractivity contribution in [3.63, 3.8) is 0 Å². The summed E-state index contributed by atoms with van der Waals surface area (Å²) in [6.07, 6.45) is 4.08. The molecule has 0 unspecified atom stereocenters. The zero-order valence-electron chi connectivity index (χ0n) is 29.0. The van der Waals surface area contributed by atoms with Gasteiger partial charge in [-0.15, -0.1) is 34.3 Å². The summed E-state index contributed by atoms with van der Waals surface area (Å²) < 4.78 is 62.9. The van der Waals surface area contributed by atoms with Crippen molar-refractivity contribution in [2.45, 2.75) is 104 Å². The van der Waals surface area contributed by atoms with E-state index in [1.54, 1.807) is 22.2 Å². The number of likely N-dealkylation sites (tertiary alicyclic amines) is 2. The Morgan fingerprint density at radius 2 is 1.20 bits per heavy atom. The summed E-state index contributed by atoms with van der Waals surface area (Å²) >= 11 is 4.46. The predicted molar refractivity (Wildman–Crippen MR) is 194 cm³/mol. The molecule has 2 amide bonds. The van der Waals surface area contributed by atoms with Crippen LogP contribution in [0.1, 0.15) is 91.1 Å². The molecule has 0 spiro atoms. The number of nitrogens with zero attached hydrogens (tertiary/aromatic N) is 5. The van der Waals surface area contributed by atoms with Gasteiger partial charge in [0.25, 0.3) is 11.4 Å². The van der Waals surface area contributed by atoms with Crippen molar-refractivity contribution in [3.8, 4) is 0 Å². The molecule has 0 radical (unpaired) electrons. The fourth-order valence-electron chi connectivity index (χ4n) is 4.63. The summed E-state index contributed by atoms with van der Waals surface area (Å²) in [7, 11) is 0. The Kier molecular flexibility index (Phi) is 16.1. The first-order valence-electron chi connectivity index (χ1n) is 15.7. The topological polar surface area (TPSA) is 108 Å². The number of aromatic nitrogens is 2. The largest absolute Gasteiger partial charge is 0.444 e. The monoisotopic (exact) mass is 887 g/mol. The van der Waals surface area contributed by atoms with Crippen LogP contribution in [0.15, 0.2) is 20.0 Å². The zero-order chi connectivity index (χ0) is 37.4. The van der Waals surface area contributed by atoms with Gasteiger partial charge < -0.3 is 24.4 Å². The molecule has 2 saturated heterocycles. The van der Waals surface area contributed by atoms with E-state index in [2.05, 4.69) is 41.8 Å². The molecule has 282 valence electrons. The van der Waals surface area contributed by atoms with Gasteiger partial charge in [0.05, 0.1) is 20.0 Å². The van der Waals surface area contributed by atoms with Crippen LogP contribution >= 0.6 is 65.9 Å². The first-order chi connectivity index (χ1) is 22.4. The number of halogens is 6. The fourth-order valence-corrected chi connectivity index (χ4v) is 7.91. The standard InChI is InChI=1S/C13H18BrFN2O2S.C13H19BrN2O3S.C4H10F3NS/c1-12(2,3)19-11(18)17-6-4-13(15,5-7-17)10-16-8-9(14)20-10;1-12(2,3)19-11(17)16-6-4-13(18,5-7-16)10-15-8-9(14)20-10;1-3-8(4-2)9(5,6)7/h8H,4-7H2,1-3H3;8,18H,4-7H2,1-3H3;3-4H2,1-2H3. The molecule has 0 atom stereocenters. The third kappa shape index (κ3) is 14.4. The van der Waals surface area contributed by atoms with Gasteiger partial charge in [0, 0.05) is 65.0 Å². The van der Waals surface area contributed by atoms with Crippen LogP contribution in [0, 0.1) is 0 Å². The maximum atomic E-state index is 14.8. The second-order valence-corrected chi connectivity index (χ2v) is 19.5. The number of aliphatic hydroxyl groups is 1. The molecule has 19 heteroatoms. The molecule has 2 aromatic rings. The number of rotatable bonds is 5. The maximum absolute atomic E-state index is 14.8. The summed E-state index contributed by atoms with van der Waals surface area (Å²) in [6.45, 7) is 15.8. The highest BCUT2D eigenvalue weighted by atomic mass is 79.9. The molecule has 4 heterocycles. The number of amides is 2. The Bertz CT molecular complexity index is 1260. The van der Waals surface area contributed by atoms with E-state index in [9.17, 15) is 30.7 Å². The van der Waals surface area contributed by atoms with Crippen LogP contribution in [-0.4, -0.2) is 91.8 Å². The Morgan fingerprint density at radius 1 is 0.837 bits per heavy atom. The molecule has 2 aliphatic rings. The average molecular weight is 890 g/mol. The van der Waals surface area contributed by atoms with Crippen molar-refractivity contribution in [1.29, 1.82) is 0 Å². The Labute approximate surface area is 313 Å². The van der Waals surface area contributed by atoms with Crippen LogP contribution in [-0.2, 0) is 20.7 Å². The summed E-state index contributed by atoms with van der Waals surface area (Å²) in [5, 5.41) is 11.8.